The zero-order chi connectivity index (χ0) is 46.2. The van der Waals surface area contributed by atoms with E-state index in [1.165, 1.54) is 89.9 Å². The highest BCUT2D eigenvalue weighted by Gasteiger charge is 2.20. The second kappa shape index (κ2) is 46.2. The monoisotopic (exact) mass is 902 g/mol. The molecule has 0 N–H and O–H groups in total. The molecule has 0 amide bonds. The highest BCUT2D eigenvalue weighted by molar-refractivity contribution is 7.45. The van der Waals surface area contributed by atoms with Gasteiger partial charge in [-0.25, -0.2) is 0 Å². The second-order valence-corrected chi connectivity index (χ2v) is 19.2. The van der Waals surface area contributed by atoms with Crippen LogP contribution in [-0.2, 0) is 27.9 Å². The summed E-state index contributed by atoms with van der Waals surface area (Å²) in [5.41, 5.74) is 0. The zero-order valence-electron chi connectivity index (χ0n) is 41.2. The van der Waals surface area contributed by atoms with Crippen molar-refractivity contribution >= 4 is 13.8 Å². The zero-order valence-corrected chi connectivity index (χ0v) is 42.1. The third-order valence-corrected chi connectivity index (χ3v) is 11.4. The summed E-state index contributed by atoms with van der Waals surface area (Å²) in [6.07, 6.45) is 61.8. The Hall–Kier alpha value is -2.32. The molecule has 0 bridgehead atoms. The summed E-state index contributed by atoms with van der Waals surface area (Å²) in [7, 11) is 1.32. The number of carbonyl (C=O) groups is 1. The summed E-state index contributed by atoms with van der Waals surface area (Å²) in [4.78, 5) is 25.2. The van der Waals surface area contributed by atoms with Crippen molar-refractivity contribution in [1.82, 2.24) is 0 Å². The minimum atomic E-state index is -4.55. The van der Waals surface area contributed by atoms with Crippen LogP contribution in [0.1, 0.15) is 194 Å². The average Bonchev–Trinajstić information content (AvgIpc) is 3.24. The van der Waals surface area contributed by atoms with E-state index in [4.69, 9.17) is 18.5 Å². The molecule has 0 aliphatic rings. The lowest BCUT2D eigenvalue weighted by molar-refractivity contribution is -0.870. The van der Waals surface area contributed by atoms with Gasteiger partial charge in [0.05, 0.1) is 34.4 Å². The Balaban J connectivity index is 4.26. The van der Waals surface area contributed by atoms with Crippen LogP contribution in [0.2, 0.25) is 0 Å². The molecule has 0 spiro atoms. The van der Waals surface area contributed by atoms with Gasteiger partial charge >= 0.3 is 5.97 Å². The quantitative estimate of drug-likeness (QED) is 0.0197. The second-order valence-electron chi connectivity index (χ2n) is 17.8. The molecule has 0 fully saturated rings. The van der Waals surface area contributed by atoms with Crippen LogP contribution in [0.3, 0.4) is 0 Å². The SMILES string of the molecule is CC/C=C\C/C=C\C/C=C\C/C=C\C/C=C\C/C=C\C/C=C\CCCCOCC(COP(=O)([O-])OCC[N+](C)(C)C)OC(=O)CCCCCCCCCCCCCCCCCCC. The van der Waals surface area contributed by atoms with Crippen molar-refractivity contribution in [1.29, 1.82) is 0 Å². The van der Waals surface area contributed by atoms with Gasteiger partial charge in [-0.1, -0.05) is 202 Å². The Bertz CT molecular complexity index is 1280. The van der Waals surface area contributed by atoms with Gasteiger partial charge in [0.25, 0.3) is 7.82 Å². The van der Waals surface area contributed by atoms with E-state index in [1.54, 1.807) is 0 Å². The number of nitrogens with zero attached hydrogens (tertiary/aromatic N) is 1. The molecule has 0 aromatic heterocycles. The van der Waals surface area contributed by atoms with Crippen LogP contribution in [0.15, 0.2) is 85.1 Å². The first-order valence-electron chi connectivity index (χ1n) is 25.3. The van der Waals surface area contributed by atoms with Gasteiger partial charge in [0.2, 0.25) is 0 Å². The standard InChI is InChI=1S/C54H96NO7P/c1-6-8-10-12-14-16-18-20-22-24-25-26-27-28-29-30-32-34-36-38-40-42-44-46-49-59-51-53(52-61-63(57,58)60-50-48-55(3,4)5)62-54(56)47-45-43-41-39-37-35-33-31-23-21-19-17-15-13-11-9-7-2/h8,10,14,16,20,22,25-26,28-29,32,34,38,40,53H,6-7,9,11-13,15,17-19,21,23-24,27,30-31,33,35-37,39,41-52H2,1-5H3/b10-8-,16-14-,22-20-,26-25-,29-28-,34-32-,40-38-. The number of carbonyl (C=O) groups excluding carboxylic acids is 1. The Kier molecular flexibility index (Phi) is 44.5. The van der Waals surface area contributed by atoms with Crippen LogP contribution >= 0.6 is 7.82 Å². The number of esters is 1. The third kappa shape index (κ3) is 50.5. The van der Waals surface area contributed by atoms with Crippen molar-refractivity contribution in [3.63, 3.8) is 0 Å². The first-order chi connectivity index (χ1) is 30.6. The minimum Gasteiger partial charge on any atom is -0.756 e. The van der Waals surface area contributed by atoms with Gasteiger partial charge in [-0.2, -0.15) is 0 Å². The largest absolute Gasteiger partial charge is 0.756 e. The molecule has 0 saturated carbocycles. The number of phosphoric ester groups is 1. The highest BCUT2D eigenvalue weighted by atomic mass is 31.2. The Labute approximate surface area is 388 Å². The van der Waals surface area contributed by atoms with Gasteiger partial charge in [0, 0.05) is 13.0 Å². The summed E-state index contributed by atoms with van der Waals surface area (Å²) in [5, 5.41) is 0. The molecular weight excluding hydrogens is 806 g/mol. The number of hydrogen-bond acceptors (Lipinski definition) is 7. The first kappa shape index (κ1) is 60.7. The summed E-state index contributed by atoms with van der Waals surface area (Å²) >= 11 is 0. The lowest BCUT2D eigenvalue weighted by atomic mass is 10.0. The number of likely N-dealkylation sites (N-methyl/N-ethyl adjacent to an activating group) is 1. The molecule has 0 rings (SSSR count). The summed E-state index contributed by atoms with van der Waals surface area (Å²) < 4.78 is 34.7. The van der Waals surface area contributed by atoms with Gasteiger partial charge in [-0.15, -0.1) is 0 Å². The van der Waals surface area contributed by atoms with Crippen LogP contribution in [0.25, 0.3) is 0 Å². The third-order valence-electron chi connectivity index (χ3n) is 10.5. The van der Waals surface area contributed by atoms with Crippen LogP contribution in [-0.4, -0.2) is 70.7 Å². The topological polar surface area (TPSA) is 94.1 Å². The maximum Gasteiger partial charge on any atom is 0.306 e. The van der Waals surface area contributed by atoms with E-state index < -0.39 is 13.9 Å². The molecule has 2 unspecified atom stereocenters. The lowest BCUT2D eigenvalue weighted by Crippen LogP contribution is -2.37. The summed E-state index contributed by atoms with van der Waals surface area (Å²) in [6.45, 7) is 5.19. The van der Waals surface area contributed by atoms with Crippen LogP contribution in [0, 0.1) is 0 Å². The van der Waals surface area contributed by atoms with E-state index in [-0.39, 0.29) is 25.8 Å². The normalized spacial score (nSPS) is 14.3. The molecule has 364 valence electrons. The predicted octanol–water partition coefficient (Wildman–Crippen LogP) is 15.0. The highest BCUT2D eigenvalue weighted by Crippen LogP contribution is 2.38. The fraction of sp³-hybridized carbons (Fsp3) is 0.722. The molecule has 9 heteroatoms. The minimum absolute atomic E-state index is 0.0143. The number of rotatable bonds is 46. The van der Waals surface area contributed by atoms with Gasteiger partial charge in [0.15, 0.2) is 0 Å². The Morgan fingerprint density at radius 3 is 1.35 bits per heavy atom. The number of ether oxygens (including phenoxy) is 2. The number of allylic oxidation sites excluding steroid dienone is 14. The lowest BCUT2D eigenvalue weighted by Gasteiger charge is -2.28. The van der Waals surface area contributed by atoms with Crippen molar-refractivity contribution < 1.29 is 37.3 Å². The van der Waals surface area contributed by atoms with Crippen molar-refractivity contribution in [3.05, 3.63) is 85.1 Å². The number of phosphoric acid groups is 1. The molecule has 0 heterocycles. The molecule has 63 heavy (non-hydrogen) atoms. The maximum atomic E-state index is 12.7. The van der Waals surface area contributed by atoms with E-state index in [2.05, 4.69) is 98.9 Å². The van der Waals surface area contributed by atoms with Crippen molar-refractivity contribution in [2.24, 2.45) is 0 Å². The summed E-state index contributed by atoms with van der Waals surface area (Å²) in [5.74, 6) is -0.350. The number of unbranched alkanes of at least 4 members (excludes halogenated alkanes) is 18. The predicted molar refractivity (Wildman–Crippen MR) is 268 cm³/mol. The molecule has 8 nitrogen and oxygen atoms in total. The van der Waals surface area contributed by atoms with Crippen LogP contribution < -0.4 is 4.89 Å². The molecule has 0 radical (unpaired) electrons. The smallest absolute Gasteiger partial charge is 0.306 e. The Morgan fingerprint density at radius 1 is 0.508 bits per heavy atom. The molecule has 2 atom stereocenters. The van der Waals surface area contributed by atoms with E-state index in [1.807, 2.05) is 21.1 Å². The molecular formula is C54H96NO7P. The summed E-state index contributed by atoms with van der Waals surface area (Å²) in [6, 6.07) is 0. The molecule has 0 saturated heterocycles. The molecule has 0 aromatic carbocycles. The van der Waals surface area contributed by atoms with E-state index in [0.717, 1.165) is 83.5 Å². The number of quaternary nitrogens is 1. The van der Waals surface area contributed by atoms with Gasteiger partial charge in [-0.05, 0) is 70.6 Å². The maximum absolute atomic E-state index is 12.7. The average molecular weight is 902 g/mol. The number of hydrogen-bond donors (Lipinski definition) is 0. The van der Waals surface area contributed by atoms with E-state index in [0.29, 0.717) is 24.1 Å². The fourth-order valence-corrected chi connectivity index (χ4v) is 7.31. The molecule has 0 aromatic rings. The van der Waals surface area contributed by atoms with E-state index in [9.17, 15) is 14.3 Å². The van der Waals surface area contributed by atoms with Crippen molar-refractivity contribution in [2.45, 2.75) is 200 Å². The van der Waals surface area contributed by atoms with Crippen molar-refractivity contribution in [2.75, 3.05) is 54.1 Å². The molecule has 0 aliphatic carbocycles. The van der Waals surface area contributed by atoms with Gasteiger partial charge in [0.1, 0.15) is 19.3 Å². The Morgan fingerprint density at radius 2 is 0.921 bits per heavy atom. The van der Waals surface area contributed by atoms with Gasteiger partial charge in [-0.3, -0.25) is 9.36 Å². The first-order valence-corrected chi connectivity index (χ1v) is 26.8. The molecule has 0 aliphatic heterocycles. The van der Waals surface area contributed by atoms with Crippen LogP contribution in [0.5, 0.6) is 0 Å². The fourth-order valence-electron chi connectivity index (χ4n) is 6.59. The van der Waals surface area contributed by atoms with E-state index >= 15 is 0 Å². The van der Waals surface area contributed by atoms with Crippen molar-refractivity contribution in [3.8, 4) is 0 Å². The van der Waals surface area contributed by atoms with Crippen LogP contribution in [0.4, 0.5) is 0 Å². The van der Waals surface area contributed by atoms with Gasteiger partial charge < -0.3 is 27.9 Å².